The molecule has 0 aromatic heterocycles. The lowest BCUT2D eigenvalue weighted by atomic mass is 10.0. The molecule has 0 saturated carbocycles. The van der Waals surface area contributed by atoms with Gasteiger partial charge in [-0.1, -0.05) is 26.0 Å². The molecule has 0 saturated heterocycles. The Balaban J connectivity index is 3.18. The Bertz CT molecular complexity index is 264. The van der Waals surface area contributed by atoms with Crippen LogP contribution in [0.4, 0.5) is 11.4 Å². The first kappa shape index (κ1) is 9.90. The van der Waals surface area contributed by atoms with Crippen molar-refractivity contribution in [1.82, 2.24) is 0 Å². The standard InChI is InChI=1S/C11H18N2/c1-8(2)9-6-5-7-10(11(9)12)13(3)4/h5-8H,12H2,1-4H3. The maximum Gasteiger partial charge on any atom is 0.0597 e. The monoisotopic (exact) mass is 178 g/mol. The molecule has 72 valence electrons. The van der Waals surface area contributed by atoms with Crippen LogP contribution in [-0.4, -0.2) is 14.1 Å². The number of nitrogen functional groups attached to an aromatic ring is 1. The van der Waals surface area contributed by atoms with Gasteiger partial charge in [-0.25, -0.2) is 0 Å². The first-order chi connectivity index (χ1) is 6.04. The molecule has 2 N–H and O–H groups in total. The molecular formula is C11H18N2. The molecule has 1 aromatic carbocycles. The van der Waals surface area contributed by atoms with E-state index in [4.69, 9.17) is 5.73 Å². The van der Waals surface area contributed by atoms with E-state index in [1.165, 1.54) is 5.56 Å². The number of nitrogens with two attached hydrogens (primary N) is 1. The van der Waals surface area contributed by atoms with Crippen LogP contribution in [0.1, 0.15) is 25.3 Å². The molecule has 0 amide bonds. The zero-order valence-corrected chi connectivity index (χ0v) is 8.83. The van der Waals surface area contributed by atoms with Crippen molar-refractivity contribution in [3.63, 3.8) is 0 Å². The number of rotatable bonds is 2. The molecule has 0 unspecified atom stereocenters. The van der Waals surface area contributed by atoms with Gasteiger partial charge in [0, 0.05) is 14.1 Å². The van der Waals surface area contributed by atoms with Crippen LogP contribution in [0.3, 0.4) is 0 Å². The fourth-order valence-corrected chi connectivity index (χ4v) is 1.46. The highest BCUT2D eigenvalue weighted by Crippen LogP contribution is 2.29. The third-order valence-electron chi connectivity index (χ3n) is 2.22. The van der Waals surface area contributed by atoms with Crippen LogP contribution in [0.5, 0.6) is 0 Å². The van der Waals surface area contributed by atoms with E-state index in [-0.39, 0.29) is 0 Å². The molecule has 0 radical (unpaired) electrons. The molecule has 0 aliphatic heterocycles. The average molecular weight is 178 g/mol. The maximum absolute atomic E-state index is 6.04. The third-order valence-corrected chi connectivity index (χ3v) is 2.22. The Morgan fingerprint density at radius 1 is 1.23 bits per heavy atom. The summed E-state index contributed by atoms with van der Waals surface area (Å²) in [6, 6.07) is 6.19. The number of benzene rings is 1. The van der Waals surface area contributed by atoms with Crippen LogP contribution in [-0.2, 0) is 0 Å². The molecule has 2 heteroatoms. The van der Waals surface area contributed by atoms with Gasteiger partial charge in [0.05, 0.1) is 11.4 Å². The van der Waals surface area contributed by atoms with Crippen molar-refractivity contribution in [1.29, 1.82) is 0 Å². The van der Waals surface area contributed by atoms with Crippen LogP contribution in [0.2, 0.25) is 0 Å². The summed E-state index contributed by atoms with van der Waals surface area (Å²) in [7, 11) is 4.02. The predicted octanol–water partition coefficient (Wildman–Crippen LogP) is 2.46. The Hall–Kier alpha value is -1.18. The quantitative estimate of drug-likeness (QED) is 0.705. The first-order valence-corrected chi connectivity index (χ1v) is 4.59. The van der Waals surface area contributed by atoms with Gasteiger partial charge in [0.15, 0.2) is 0 Å². The van der Waals surface area contributed by atoms with Crippen molar-refractivity contribution in [2.75, 3.05) is 24.7 Å². The maximum atomic E-state index is 6.04. The molecule has 0 aliphatic carbocycles. The molecular weight excluding hydrogens is 160 g/mol. The number of para-hydroxylation sites is 1. The van der Waals surface area contributed by atoms with E-state index < -0.39 is 0 Å². The van der Waals surface area contributed by atoms with E-state index >= 15 is 0 Å². The van der Waals surface area contributed by atoms with Gasteiger partial charge >= 0.3 is 0 Å². The van der Waals surface area contributed by atoms with Gasteiger partial charge in [0.2, 0.25) is 0 Å². The van der Waals surface area contributed by atoms with Crippen LogP contribution >= 0.6 is 0 Å². The fraction of sp³-hybridized carbons (Fsp3) is 0.455. The lowest BCUT2D eigenvalue weighted by Crippen LogP contribution is -2.12. The minimum absolute atomic E-state index is 0.486. The Labute approximate surface area is 80.4 Å². The van der Waals surface area contributed by atoms with Gasteiger partial charge in [-0.05, 0) is 17.5 Å². The van der Waals surface area contributed by atoms with Gasteiger partial charge in [-0.3, -0.25) is 0 Å². The fourth-order valence-electron chi connectivity index (χ4n) is 1.46. The molecule has 0 bridgehead atoms. The lowest BCUT2D eigenvalue weighted by Gasteiger charge is -2.19. The zero-order valence-electron chi connectivity index (χ0n) is 8.83. The van der Waals surface area contributed by atoms with Gasteiger partial charge < -0.3 is 10.6 Å². The summed E-state index contributed by atoms with van der Waals surface area (Å²) < 4.78 is 0. The summed E-state index contributed by atoms with van der Waals surface area (Å²) in [4.78, 5) is 2.04. The van der Waals surface area contributed by atoms with Crippen molar-refractivity contribution >= 4 is 11.4 Å². The molecule has 13 heavy (non-hydrogen) atoms. The minimum atomic E-state index is 0.486. The van der Waals surface area contributed by atoms with E-state index in [0.717, 1.165) is 11.4 Å². The van der Waals surface area contributed by atoms with Crippen LogP contribution in [0, 0.1) is 0 Å². The van der Waals surface area contributed by atoms with Crippen molar-refractivity contribution in [2.45, 2.75) is 19.8 Å². The van der Waals surface area contributed by atoms with E-state index in [0.29, 0.717) is 5.92 Å². The SMILES string of the molecule is CC(C)c1cccc(N(C)C)c1N. The average Bonchev–Trinajstić information content (AvgIpc) is 2.03. The smallest absolute Gasteiger partial charge is 0.0597 e. The summed E-state index contributed by atoms with van der Waals surface area (Å²) in [5, 5.41) is 0. The second-order valence-electron chi connectivity index (χ2n) is 3.83. The van der Waals surface area contributed by atoms with E-state index in [1.807, 2.05) is 25.1 Å². The minimum Gasteiger partial charge on any atom is -0.397 e. The normalized spacial score (nSPS) is 10.5. The molecule has 0 atom stereocenters. The van der Waals surface area contributed by atoms with Crippen molar-refractivity contribution in [3.05, 3.63) is 23.8 Å². The zero-order chi connectivity index (χ0) is 10.0. The van der Waals surface area contributed by atoms with Crippen molar-refractivity contribution in [3.8, 4) is 0 Å². The van der Waals surface area contributed by atoms with E-state index in [2.05, 4.69) is 26.0 Å². The Morgan fingerprint density at radius 3 is 2.31 bits per heavy atom. The van der Waals surface area contributed by atoms with E-state index in [9.17, 15) is 0 Å². The molecule has 1 rings (SSSR count). The number of nitrogens with zero attached hydrogens (tertiary/aromatic N) is 1. The van der Waals surface area contributed by atoms with Crippen LogP contribution < -0.4 is 10.6 Å². The van der Waals surface area contributed by atoms with Crippen LogP contribution in [0.15, 0.2) is 18.2 Å². The van der Waals surface area contributed by atoms with Crippen molar-refractivity contribution < 1.29 is 0 Å². The second-order valence-corrected chi connectivity index (χ2v) is 3.83. The molecule has 0 fully saturated rings. The summed E-state index contributed by atoms with van der Waals surface area (Å²) in [6.45, 7) is 4.32. The van der Waals surface area contributed by atoms with Gasteiger partial charge in [0.25, 0.3) is 0 Å². The molecule has 0 heterocycles. The van der Waals surface area contributed by atoms with E-state index in [1.54, 1.807) is 0 Å². The third kappa shape index (κ3) is 1.94. The van der Waals surface area contributed by atoms with Gasteiger partial charge in [-0.15, -0.1) is 0 Å². The van der Waals surface area contributed by atoms with Crippen molar-refractivity contribution in [2.24, 2.45) is 0 Å². The molecule has 1 aromatic rings. The molecule has 0 aliphatic rings. The Kier molecular flexibility index (Phi) is 2.81. The Morgan fingerprint density at radius 2 is 1.85 bits per heavy atom. The number of hydrogen-bond donors (Lipinski definition) is 1. The summed E-state index contributed by atoms with van der Waals surface area (Å²) in [5.41, 5.74) is 9.28. The van der Waals surface area contributed by atoms with Gasteiger partial charge in [0.1, 0.15) is 0 Å². The highest BCUT2D eigenvalue weighted by atomic mass is 15.1. The second kappa shape index (κ2) is 3.69. The molecule has 0 spiro atoms. The number of hydrogen-bond acceptors (Lipinski definition) is 2. The summed E-state index contributed by atoms with van der Waals surface area (Å²) in [5.74, 6) is 0.486. The summed E-state index contributed by atoms with van der Waals surface area (Å²) in [6.07, 6.45) is 0. The predicted molar refractivity (Wildman–Crippen MR) is 59.3 cm³/mol. The lowest BCUT2D eigenvalue weighted by molar-refractivity contribution is 0.869. The van der Waals surface area contributed by atoms with Gasteiger partial charge in [-0.2, -0.15) is 0 Å². The highest BCUT2D eigenvalue weighted by Gasteiger charge is 2.08. The number of anilines is 2. The largest absolute Gasteiger partial charge is 0.397 e. The molecule has 2 nitrogen and oxygen atoms in total. The van der Waals surface area contributed by atoms with Crippen LogP contribution in [0.25, 0.3) is 0 Å². The topological polar surface area (TPSA) is 29.3 Å². The first-order valence-electron chi connectivity index (χ1n) is 4.59. The highest BCUT2D eigenvalue weighted by molar-refractivity contribution is 5.71. The summed E-state index contributed by atoms with van der Waals surface area (Å²) >= 11 is 0.